The number of Topliss-reactive ketones (excluding diaryl/α,β-unsaturated/α-hetero) is 1. The summed E-state index contributed by atoms with van der Waals surface area (Å²) >= 11 is 0. The van der Waals surface area contributed by atoms with Crippen molar-refractivity contribution in [2.24, 2.45) is 5.41 Å². The molecular formula is C31H52N2OP2. The zero-order chi connectivity index (χ0) is 26.4. The van der Waals surface area contributed by atoms with Gasteiger partial charge in [0.25, 0.3) is 0 Å². The normalized spacial score (nSPS) is 29.1. The minimum absolute atomic E-state index is 0.0000238. The van der Waals surface area contributed by atoms with Crippen LogP contribution in [-0.4, -0.2) is 41.3 Å². The fourth-order valence-electron chi connectivity index (χ4n) is 7.64. The molecule has 0 amide bonds. The Morgan fingerprint density at radius 1 is 0.917 bits per heavy atom. The molecule has 1 aromatic carbocycles. The number of hydrogen-bond donors (Lipinski definition) is 2. The molecule has 0 saturated carbocycles. The third kappa shape index (κ3) is 5.96. The first-order chi connectivity index (χ1) is 16.7. The number of rotatable bonds is 5. The summed E-state index contributed by atoms with van der Waals surface area (Å²) in [5.74, 6) is 0.440. The molecule has 3 saturated heterocycles. The average Bonchev–Trinajstić information content (AvgIpc) is 2.77. The van der Waals surface area contributed by atoms with Crippen LogP contribution in [0.25, 0.3) is 0 Å². The maximum atomic E-state index is 12.8. The Morgan fingerprint density at radius 3 is 1.89 bits per heavy atom. The van der Waals surface area contributed by atoms with Crippen molar-refractivity contribution in [1.82, 2.24) is 10.6 Å². The Kier molecular flexibility index (Phi) is 8.50. The smallest absolute Gasteiger partial charge is 0.134 e. The van der Waals surface area contributed by atoms with Gasteiger partial charge in [-0.1, -0.05) is 87.4 Å². The SMILES string of the molecule is CC(C)(C)Cc1ccc(P2C(C)(C)CC(=O)CC2(C)C)c(C(P)(C2CCCCN2)C2CCCCN2)c1. The Hall–Kier alpha value is -0.330. The van der Waals surface area contributed by atoms with E-state index in [0.717, 1.165) is 19.5 Å². The molecule has 5 heteroatoms. The number of piperidine rings is 2. The summed E-state index contributed by atoms with van der Waals surface area (Å²) in [6, 6.07) is 8.42. The number of carbonyl (C=O) groups is 1. The van der Waals surface area contributed by atoms with Crippen molar-refractivity contribution in [2.45, 2.75) is 134 Å². The van der Waals surface area contributed by atoms with E-state index in [0.29, 0.717) is 30.7 Å². The zero-order valence-electron chi connectivity index (χ0n) is 24.1. The summed E-state index contributed by atoms with van der Waals surface area (Å²) in [4.78, 5) is 12.8. The Bertz CT molecular complexity index is 898. The molecule has 3 unspecified atom stereocenters. The largest absolute Gasteiger partial charge is 0.313 e. The first kappa shape index (κ1) is 28.7. The third-order valence-corrected chi connectivity index (χ3v) is 13.5. The summed E-state index contributed by atoms with van der Waals surface area (Å²) in [6.45, 7) is 18.8. The van der Waals surface area contributed by atoms with Crippen molar-refractivity contribution < 1.29 is 4.79 Å². The molecule has 3 aliphatic heterocycles. The van der Waals surface area contributed by atoms with Gasteiger partial charge in [-0.15, -0.1) is 9.24 Å². The molecule has 4 rings (SSSR count). The van der Waals surface area contributed by atoms with Crippen LogP contribution in [0.2, 0.25) is 0 Å². The standard InChI is InChI=1S/C31H52N2OP2/c1-28(2,3)19-22-14-15-25(36-29(4,5)20-23(34)21-30(36,6)7)24(18-22)31(35,26-12-8-10-16-32-26)27-13-9-11-17-33-27/h14-15,18,26-27,32-33H,8-13,16-17,19-21,35H2,1-7H3. The van der Waals surface area contributed by atoms with Crippen molar-refractivity contribution in [3.63, 3.8) is 0 Å². The van der Waals surface area contributed by atoms with Gasteiger partial charge in [-0.25, -0.2) is 0 Å². The van der Waals surface area contributed by atoms with Crippen LogP contribution >= 0.6 is 17.2 Å². The quantitative estimate of drug-likeness (QED) is 0.419. The number of benzene rings is 1. The van der Waals surface area contributed by atoms with Crippen molar-refractivity contribution in [3.05, 3.63) is 29.3 Å². The van der Waals surface area contributed by atoms with E-state index in [9.17, 15) is 4.79 Å². The van der Waals surface area contributed by atoms with Crippen molar-refractivity contribution in [1.29, 1.82) is 0 Å². The second kappa shape index (κ2) is 10.7. The van der Waals surface area contributed by atoms with Gasteiger partial charge in [0.2, 0.25) is 0 Å². The molecule has 3 heterocycles. The molecule has 0 radical (unpaired) electrons. The predicted octanol–water partition coefficient (Wildman–Crippen LogP) is 6.66. The molecule has 0 aromatic heterocycles. The number of carbonyl (C=O) groups excluding carboxylic acids is 1. The fraction of sp³-hybridized carbons (Fsp3) is 0.774. The highest BCUT2D eigenvalue weighted by Crippen LogP contribution is 2.65. The third-order valence-electron chi connectivity index (χ3n) is 8.75. The van der Waals surface area contributed by atoms with Gasteiger partial charge in [-0.2, -0.15) is 0 Å². The molecule has 0 bridgehead atoms. The molecule has 202 valence electrons. The van der Waals surface area contributed by atoms with Crippen molar-refractivity contribution in [3.8, 4) is 0 Å². The van der Waals surface area contributed by atoms with E-state index in [1.165, 1.54) is 44.1 Å². The zero-order valence-corrected chi connectivity index (χ0v) is 26.1. The van der Waals surface area contributed by atoms with Gasteiger partial charge in [0.05, 0.1) is 0 Å². The maximum absolute atomic E-state index is 12.8. The monoisotopic (exact) mass is 530 g/mol. The lowest BCUT2D eigenvalue weighted by atomic mass is 9.76. The van der Waals surface area contributed by atoms with Gasteiger partial charge in [0.1, 0.15) is 5.78 Å². The fourth-order valence-corrected chi connectivity index (χ4v) is 12.9. The predicted molar refractivity (Wildman–Crippen MR) is 161 cm³/mol. The second-order valence-electron chi connectivity index (χ2n) is 14.4. The average molecular weight is 531 g/mol. The first-order valence-electron chi connectivity index (χ1n) is 14.5. The van der Waals surface area contributed by atoms with E-state index in [2.05, 4.69) is 86.5 Å². The van der Waals surface area contributed by atoms with E-state index < -0.39 is 7.92 Å². The Labute approximate surface area is 225 Å². The molecule has 3 fully saturated rings. The highest BCUT2D eigenvalue weighted by atomic mass is 31.1. The van der Waals surface area contributed by atoms with Crippen LogP contribution in [0.5, 0.6) is 0 Å². The molecule has 3 atom stereocenters. The van der Waals surface area contributed by atoms with E-state index in [4.69, 9.17) is 0 Å². The molecular weight excluding hydrogens is 478 g/mol. The van der Waals surface area contributed by atoms with Gasteiger partial charge in [-0.05, 0) is 77.4 Å². The summed E-state index contributed by atoms with van der Waals surface area (Å²) in [5, 5.41) is 9.49. The van der Waals surface area contributed by atoms with Crippen molar-refractivity contribution in [2.75, 3.05) is 13.1 Å². The van der Waals surface area contributed by atoms with Gasteiger partial charge < -0.3 is 10.6 Å². The summed E-state index contributed by atoms with van der Waals surface area (Å²) in [5.41, 5.74) is 3.25. The lowest BCUT2D eigenvalue weighted by Crippen LogP contribution is -2.60. The molecule has 3 aliphatic rings. The van der Waals surface area contributed by atoms with Crippen LogP contribution in [0.4, 0.5) is 0 Å². The lowest BCUT2D eigenvalue weighted by molar-refractivity contribution is -0.120. The van der Waals surface area contributed by atoms with Gasteiger partial charge in [0, 0.05) is 30.1 Å². The Morgan fingerprint density at radius 2 is 1.44 bits per heavy atom. The summed E-state index contributed by atoms with van der Waals surface area (Å²) in [7, 11) is 2.92. The van der Waals surface area contributed by atoms with Crippen LogP contribution in [-0.2, 0) is 16.4 Å². The van der Waals surface area contributed by atoms with E-state index in [1.807, 2.05) is 0 Å². The van der Waals surface area contributed by atoms with Gasteiger partial charge in [-0.3, -0.25) is 4.79 Å². The second-order valence-corrected chi connectivity index (χ2v) is 18.9. The molecule has 3 nitrogen and oxygen atoms in total. The highest BCUT2D eigenvalue weighted by molar-refractivity contribution is 7.69. The van der Waals surface area contributed by atoms with Crippen LogP contribution in [0.1, 0.15) is 111 Å². The van der Waals surface area contributed by atoms with Crippen LogP contribution in [0.15, 0.2) is 18.2 Å². The topological polar surface area (TPSA) is 41.1 Å². The minimum Gasteiger partial charge on any atom is -0.313 e. The van der Waals surface area contributed by atoms with E-state index in [1.54, 1.807) is 10.9 Å². The number of nitrogens with one attached hydrogen (secondary N) is 2. The van der Waals surface area contributed by atoms with Crippen LogP contribution in [0, 0.1) is 5.41 Å². The minimum atomic E-state index is -0.542. The number of hydrogen-bond acceptors (Lipinski definition) is 3. The molecule has 2 N–H and O–H groups in total. The van der Waals surface area contributed by atoms with Crippen LogP contribution < -0.4 is 15.9 Å². The highest BCUT2D eigenvalue weighted by Gasteiger charge is 2.52. The maximum Gasteiger partial charge on any atom is 0.134 e. The molecule has 0 spiro atoms. The van der Waals surface area contributed by atoms with Crippen LogP contribution in [0.3, 0.4) is 0 Å². The lowest BCUT2D eigenvalue weighted by Gasteiger charge is -2.53. The molecule has 0 aliphatic carbocycles. The van der Waals surface area contributed by atoms with E-state index in [-0.39, 0.29) is 20.9 Å². The summed E-state index contributed by atoms with van der Waals surface area (Å²) in [6.07, 6.45) is 10.1. The van der Waals surface area contributed by atoms with Crippen molar-refractivity contribution >= 4 is 28.2 Å². The number of ketones is 1. The van der Waals surface area contributed by atoms with Gasteiger partial charge in [0.15, 0.2) is 0 Å². The molecule has 1 aromatic rings. The molecule has 36 heavy (non-hydrogen) atoms. The Balaban J connectivity index is 1.93. The first-order valence-corrected chi connectivity index (χ1v) is 16.4. The summed E-state index contributed by atoms with van der Waals surface area (Å²) < 4.78 is 0. The van der Waals surface area contributed by atoms with E-state index >= 15 is 0 Å². The van der Waals surface area contributed by atoms with Gasteiger partial charge >= 0.3 is 0 Å².